The number of ketones is 1. The van der Waals surface area contributed by atoms with E-state index in [0.29, 0.717) is 37.6 Å². The predicted molar refractivity (Wildman–Crippen MR) is 111 cm³/mol. The fourth-order valence-corrected chi connectivity index (χ4v) is 3.77. The van der Waals surface area contributed by atoms with Gasteiger partial charge in [-0.3, -0.25) is 14.9 Å². The second kappa shape index (κ2) is 9.04. The van der Waals surface area contributed by atoms with Gasteiger partial charge in [0.15, 0.2) is 6.61 Å². The van der Waals surface area contributed by atoms with E-state index in [0.717, 1.165) is 16.7 Å². The Morgan fingerprint density at radius 1 is 1.10 bits per heavy atom. The summed E-state index contributed by atoms with van der Waals surface area (Å²) in [4.78, 5) is 37.9. The third-order valence-electron chi connectivity index (χ3n) is 5.05. The summed E-state index contributed by atoms with van der Waals surface area (Å²) in [5.74, 6) is -1.08. The van der Waals surface area contributed by atoms with E-state index in [1.165, 1.54) is 18.2 Å². The number of Topliss-reactive ketones (excluding diaryl/α,β-unsaturated/α-hetero) is 1. The zero-order chi connectivity index (χ0) is 21.8. The fourth-order valence-electron chi connectivity index (χ4n) is 3.77. The first-order valence-corrected chi connectivity index (χ1v) is 9.67. The normalized spacial score (nSPS) is 13.8. The summed E-state index contributed by atoms with van der Waals surface area (Å²) in [5, 5.41) is 11.5. The quantitative estimate of drug-likeness (QED) is 0.310. The third kappa shape index (κ3) is 4.65. The van der Waals surface area contributed by atoms with Crippen LogP contribution < -0.4 is 4.90 Å². The van der Waals surface area contributed by atoms with Gasteiger partial charge in [-0.15, -0.1) is 0 Å². The monoisotopic (exact) mass is 412 g/mol. The Bertz CT molecular complexity index is 972. The lowest BCUT2D eigenvalue weighted by Crippen LogP contribution is -2.36. The molecule has 0 radical (unpaired) electrons. The molecule has 0 spiro atoms. The van der Waals surface area contributed by atoms with Gasteiger partial charge in [-0.2, -0.15) is 0 Å². The molecule has 0 amide bonds. The van der Waals surface area contributed by atoms with Crippen molar-refractivity contribution in [1.82, 2.24) is 0 Å². The molecule has 0 bridgehead atoms. The lowest BCUT2D eigenvalue weighted by Gasteiger charge is -2.28. The lowest BCUT2D eigenvalue weighted by molar-refractivity contribution is -0.384. The van der Waals surface area contributed by atoms with Gasteiger partial charge in [-0.1, -0.05) is 17.7 Å². The average molecular weight is 412 g/mol. The molecule has 0 atom stereocenters. The number of aryl methyl sites for hydroxylation is 3. The van der Waals surface area contributed by atoms with Crippen LogP contribution in [0.1, 0.15) is 37.4 Å². The van der Waals surface area contributed by atoms with Crippen LogP contribution in [0.4, 0.5) is 11.4 Å². The number of nitro groups is 1. The number of morpholine rings is 1. The van der Waals surface area contributed by atoms with Crippen LogP contribution in [0.15, 0.2) is 30.3 Å². The van der Waals surface area contributed by atoms with Crippen LogP contribution in [0, 0.1) is 30.9 Å². The summed E-state index contributed by atoms with van der Waals surface area (Å²) < 4.78 is 10.4. The topological polar surface area (TPSA) is 99.0 Å². The second-order valence-corrected chi connectivity index (χ2v) is 7.33. The van der Waals surface area contributed by atoms with Crippen LogP contribution >= 0.6 is 0 Å². The summed E-state index contributed by atoms with van der Waals surface area (Å²) in [7, 11) is 0. The maximum atomic E-state index is 12.6. The predicted octanol–water partition coefficient (Wildman–Crippen LogP) is 3.40. The molecule has 3 rings (SSSR count). The van der Waals surface area contributed by atoms with Gasteiger partial charge in [-0.25, -0.2) is 4.79 Å². The van der Waals surface area contributed by atoms with Gasteiger partial charge in [-0.05, 0) is 44.0 Å². The molecular weight excluding hydrogens is 388 g/mol. The molecule has 1 saturated heterocycles. The number of carbonyl (C=O) groups is 2. The van der Waals surface area contributed by atoms with Crippen molar-refractivity contribution in [3.05, 3.63) is 68.3 Å². The minimum Gasteiger partial charge on any atom is -0.454 e. The molecule has 158 valence electrons. The number of ether oxygens (including phenoxy) is 2. The van der Waals surface area contributed by atoms with Gasteiger partial charge in [0.2, 0.25) is 5.78 Å². The van der Waals surface area contributed by atoms with Crippen molar-refractivity contribution in [2.24, 2.45) is 0 Å². The Kier molecular flexibility index (Phi) is 6.47. The molecule has 1 aliphatic heterocycles. The number of rotatable bonds is 6. The number of nitro benzene ring substituents is 1. The number of benzene rings is 2. The molecule has 2 aromatic carbocycles. The first kappa shape index (κ1) is 21.4. The van der Waals surface area contributed by atoms with E-state index < -0.39 is 17.5 Å². The van der Waals surface area contributed by atoms with Crippen molar-refractivity contribution < 1.29 is 24.0 Å². The minimum absolute atomic E-state index is 0.0314. The number of nitrogens with zero attached hydrogens (tertiary/aromatic N) is 2. The average Bonchev–Trinajstić information content (AvgIpc) is 2.71. The number of hydrogen-bond donors (Lipinski definition) is 0. The van der Waals surface area contributed by atoms with Gasteiger partial charge in [0.25, 0.3) is 5.69 Å². The van der Waals surface area contributed by atoms with Gasteiger partial charge >= 0.3 is 5.97 Å². The second-order valence-electron chi connectivity index (χ2n) is 7.33. The van der Waals surface area contributed by atoms with Crippen LogP contribution in [-0.2, 0) is 9.47 Å². The summed E-state index contributed by atoms with van der Waals surface area (Å²) in [6.07, 6.45) is 0. The van der Waals surface area contributed by atoms with E-state index >= 15 is 0 Å². The van der Waals surface area contributed by atoms with Crippen molar-refractivity contribution in [2.75, 3.05) is 37.8 Å². The highest BCUT2D eigenvalue weighted by atomic mass is 16.6. The van der Waals surface area contributed by atoms with Gasteiger partial charge in [0.1, 0.15) is 5.69 Å². The van der Waals surface area contributed by atoms with E-state index in [1.54, 1.807) is 0 Å². The summed E-state index contributed by atoms with van der Waals surface area (Å²) >= 11 is 0. The fraction of sp³-hybridized carbons (Fsp3) is 0.364. The van der Waals surface area contributed by atoms with Crippen molar-refractivity contribution in [2.45, 2.75) is 20.8 Å². The number of esters is 1. The highest BCUT2D eigenvalue weighted by molar-refractivity contribution is 6.01. The highest BCUT2D eigenvalue weighted by Gasteiger charge is 2.24. The maximum Gasteiger partial charge on any atom is 0.338 e. The molecule has 1 aliphatic rings. The van der Waals surface area contributed by atoms with E-state index in [2.05, 4.69) is 0 Å². The molecule has 1 heterocycles. The molecule has 0 saturated carbocycles. The minimum atomic E-state index is -0.776. The Hall–Kier alpha value is -3.26. The van der Waals surface area contributed by atoms with Crippen LogP contribution in [0.25, 0.3) is 0 Å². The van der Waals surface area contributed by atoms with Crippen LogP contribution in [0.2, 0.25) is 0 Å². The first-order chi connectivity index (χ1) is 14.3. The van der Waals surface area contributed by atoms with Gasteiger partial charge < -0.3 is 14.4 Å². The van der Waals surface area contributed by atoms with Crippen molar-refractivity contribution in [3.8, 4) is 0 Å². The van der Waals surface area contributed by atoms with E-state index in [-0.39, 0.29) is 17.0 Å². The molecule has 8 heteroatoms. The van der Waals surface area contributed by atoms with Crippen molar-refractivity contribution in [1.29, 1.82) is 0 Å². The third-order valence-corrected chi connectivity index (χ3v) is 5.05. The van der Waals surface area contributed by atoms with E-state index in [9.17, 15) is 19.7 Å². The summed E-state index contributed by atoms with van der Waals surface area (Å²) in [6.45, 7) is 7.24. The largest absolute Gasteiger partial charge is 0.454 e. The summed E-state index contributed by atoms with van der Waals surface area (Å²) in [5.41, 5.74) is 3.50. The maximum absolute atomic E-state index is 12.6. The van der Waals surface area contributed by atoms with Crippen molar-refractivity contribution >= 4 is 23.1 Å². The molecule has 0 aromatic heterocycles. The molecular formula is C22H24N2O6. The highest BCUT2D eigenvalue weighted by Crippen LogP contribution is 2.30. The number of hydrogen-bond acceptors (Lipinski definition) is 7. The van der Waals surface area contributed by atoms with Crippen LogP contribution in [-0.4, -0.2) is 49.6 Å². The number of anilines is 1. The number of carbonyl (C=O) groups excluding carboxylic acids is 2. The molecule has 0 aliphatic carbocycles. The SMILES string of the molecule is Cc1cc(C)c(C(=O)COC(=O)c2ccc(N3CCOCC3)c([N+](=O)[O-])c2)c(C)c1. The molecule has 0 N–H and O–H groups in total. The molecule has 8 nitrogen and oxygen atoms in total. The molecule has 1 fully saturated rings. The van der Waals surface area contributed by atoms with Crippen LogP contribution in [0.3, 0.4) is 0 Å². The molecule has 2 aromatic rings. The van der Waals surface area contributed by atoms with Crippen LogP contribution in [0.5, 0.6) is 0 Å². The molecule has 0 unspecified atom stereocenters. The first-order valence-electron chi connectivity index (χ1n) is 9.67. The Labute approximate surface area is 174 Å². The zero-order valence-electron chi connectivity index (χ0n) is 17.3. The van der Waals surface area contributed by atoms with Gasteiger partial charge in [0, 0.05) is 24.7 Å². The van der Waals surface area contributed by atoms with Crippen molar-refractivity contribution in [3.63, 3.8) is 0 Å². The summed E-state index contributed by atoms with van der Waals surface area (Å²) in [6, 6.07) is 8.01. The Morgan fingerprint density at radius 2 is 1.73 bits per heavy atom. The zero-order valence-corrected chi connectivity index (χ0v) is 17.3. The lowest BCUT2D eigenvalue weighted by atomic mass is 9.97. The Morgan fingerprint density at radius 3 is 2.33 bits per heavy atom. The van der Waals surface area contributed by atoms with E-state index in [1.807, 2.05) is 37.8 Å². The Balaban J connectivity index is 1.75. The van der Waals surface area contributed by atoms with Gasteiger partial charge in [0.05, 0.1) is 23.7 Å². The standard InChI is InChI=1S/C22H24N2O6/c1-14-10-15(2)21(16(3)11-14)20(25)13-30-22(26)17-4-5-18(19(12-17)24(27)28)23-6-8-29-9-7-23/h4-5,10-12H,6-9,13H2,1-3H3. The molecule has 30 heavy (non-hydrogen) atoms. The smallest absolute Gasteiger partial charge is 0.338 e. The van der Waals surface area contributed by atoms with E-state index in [4.69, 9.17) is 9.47 Å².